The van der Waals surface area contributed by atoms with Crippen molar-refractivity contribution in [1.82, 2.24) is 14.9 Å². The third-order valence-electron chi connectivity index (χ3n) is 4.72. The minimum absolute atomic E-state index is 0.223. The van der Waals surface area contributed by atoms with Crippen molar-refractivity contribution in [1.29, 1.82) is 0 Å². The first-order chi connectivity index (χ1) is 13.1. The maximum Gasteiger partial charge on any atom is 0.416 e. The highest BCUT2D eigenvalue weighted by atomic mass is 19.4. The van der Waals surface area contributed by atoms with Gasteiger partial charge in [0.25, 0.3) is 5.91 Å². The lowest BCUT2D eigenvalue weighted by Gasteiger charge is -2.35. The van der Waals surface area contributed by atoms with Crippen molar-refractivity contribution >= 4 is 11.7 Å². The molecule has 1 amide bonds. The molecule has 0 N–H and O–H groups in total. The van der Waals surface area contributed by atoms with Gasteiger partial charge < -0.3 is 9.80 Å². The van der Waals surface area contributed by atoms with Gasteiger partial charge in [0, 0.05) is 49.4 Å². The zero-order valence-electron chi connectivity index (χ0n) is 16.1. The predicted octanol–water partition coefficient (Wildman–Crippen LogP) is 3.89. The minimum Gasteiger partial charge on any atom is -0.353 e. The first kappa shape index (κ1) is 20.1. The summed E-state index contributed by atoms with van der Waals surface area (Å²) in [4.78, 5) is 25.4. The summed E-state index contributed by atoms with van der Waals surface area (Å²) in [6.07, 6.45) is -4.41. The molecule has 0 unspecified atom stereocenters. The van der Waals surface area contributed by atoms with Gasteiger partial charge in [-0.25, -0.2) is 9.97 Å². The van der Waals surface area contributed by atoms with E-state index in [1.54, 1.807) is 4.90 Å². The molecule has 0 aliphatic carbocycles. The quantitative estimate of drug-likeness (QED) is 0.795. The third kappa shape index (κ3) is 4.43. The molecule has 5 nitrogen and oxygen atoms in total. The normalized spacial score (nSPS) is 15.2. The molecule has 0 radical (unpaired) electrons. The molecule has 0 atom stereocenters. The molecule has 1 aliphatic heterocycles. The second-order valence-electron chi connectivity index (χ2n) is 7.23. The van der Waals surface area contributed by atoms with Crippen LogP contribution in [0.25, 0.3) is 0 Å². The first-order valence-electron chi connectivity index (χ1n) is 9.22. The maximum atomic E-state index is 12.7. The van der Waals surface area contributed by atoms with E-state index in [4.69, 9.17) is 0 Å². The smallest absolute Gasteiger partial charge is 0.353 e. The van der Waals surface area contributed by atoms with E-state index in [1.165, 1.54) is 12.1 Å². The maximum absolute atomic E-state index is 12.7. The van der Waals surface area contributed by atoms with Crippen LogP contribution in [0.2, 0.25) is 0 Å². The molecule has 2 aromatic rings. The summed E-state index contributed by atoms with van der Waals surface area (Å²) in [5, 5.41) is 0. The average Bonchev–Trinajstić information content (AvgIpc) is 2.66. The number of aryl methyl sites for hydroxylation is 1. The molecule has 0 bridgehead atoms. The molecule has 3 rings (SSSR count). The van der Waals surface area contributed by atoms with E-state index < -0.39 is 11.7 Å². The van der Waals surface area contributed by atoms with Crippen molar-refractivity contribution in [3.05, 3.63) is 53.0 Å². The highest BCUT2D eigenvalue weighted by Crippen LogP contribution is 2.29. The summed E-state index contributed by atoms with van der Waals surface area (Å²) < 4.78 is 38.0. The number of piperazine rings is 1. The predicted molar refractivity (Wildman–Crippen MR) is 100 cm³/mol. The summed E-state index contributed by atoms with van der Waals surface area (Å²) in [5.74, 6) is 1.60. The molecule has 0 spiro atoms. The Kier molecular flexibility index (Phi) is 5.58. The lowest BCUT2D eigenvalue weighted by Crippen LogP contribution is -2.49. The summed E-state index contributed by atoms with van der Waals surface area (Å²) in [7, 11) is 0. The van der Waals surface area contributed by atoms with E-state index in [2.05, 4.69) is 14.9 Å². The molecular weight excluding hydrogens is 369 g/mol. The molecule has 1 aromatic heterocycles. The van der Waals surface area contributed by atoms with Crippen molar-refractivity contribution in [3.8, 4) is 0 Å². The number of aromatic nitrogens is 2. The number of anilines is 1. The van der Waals surface area contributed by atoms with Crippen LogP contribution in [0, 0.1) is 6.92 Å². The van der Waals surface area contributed by atoms with Crippen LogP contribution in [0.5, 0.6) is 0 Å². The zero-order valence-corrected chi connectivity index (χ0v) is 16.1. The number of carbonyl (C=O) groups is 1. The van der Waals surface area contributed by atoms with E-state index in [0.717, 1.165) is 29.5 Å². The van der Waals surface area contributed by atoms with Crippen molar-refractivity contribution in [2.24, 2.45) is 0 Å². The fourth-order valence-electron chi connectivity index (χ4n) is 3.12. The average molecular weight is 392 g/mol. The Morgan fingerprint density at radius 1 is 1.04 bits per heavy atom. The first-order valence-corrected chi connectivity index (χ1v) is 9.22. The monoisotopic (exact) mass is 392 g/mol. The molecule has 1 saturated heterocycles. The standard InChI is InChI=1S/C20H23F3N4O/c1-13(2)18-24-14(3)12-17(25-18)26-8-10-27(11-9-26)19(28)15-4-6-16(7-5-15)20(21,22)23/h4-7,12-13H,8-11H2,1-3H3. The number of alkyl halides is 3. The second kappa shape index (κ2) is 7.77. The van der Waals surface area contributed by atoms with Gasteiger partial charge in [0.2, 0.25) is 0 Å². The van der Waals surface area contributed by atoms with E-state index in [-0.39, 0.29) is 17.4 Å². The number of benzene rings is 1. The number of carbonyl (C=O) groups excluding carboxylic acids is 1. The summed E-state index contributed by atoms with van der Waals surface area (Å²) in [5.41, 5.74) is 0.410. The number of rotatable bonds is 3. The number of halogens is 3. The van der Waals surface area contributed by atoms with Crippen LogP contribution < -0.4 is 4.90 Å². The van der Waals surface area contributed by atoms with E-state index in [0.29, 0.717) is 26.2 Å². The fraction of sp³-hybridized carbons (Fsp3) is 0.450. The number of amides is 1. The highest BCUT2D eigenvalue weighted by Gasteiger charge is 2.31. The van der Waals surface area contributed by atoms with Crippen LogP contribution >= 0.6 is 0 Å². The lowest BCUT2D eigenvalue weighted by atomic mass is 10.1. The molecule has 2 heterocycles. The SMILES string of the molecule is Cc1cc(N2CCN(C(=O)c3ccc(C(F)(F)F)cc3)CC2)nc(C(C)C)n1. The van der Waals surface area contributed by atoms with Gasteiger partial charge in [-0.05, 0) is 31.2 Å². The lowest BCUT2D eigenvalue weighted by molar-refractivity contribution is -0.137. The van der Waals surface area contributed by atoms with Crippen molar-refractivity contribution in [2.45, 2.75) is 32.9 Å². The molecule has 28 heavy (non-hydrogen) atoms. The third-order valence-corrected chi connectivity index (χ3v) is 4.72. The van der Waals surface area contributed by atoms with Gasteiger partial charge in [-0.3, -0.25) is 4.79 Å². The Hall–Kier alpha value is -2.64. The second-order valence-corrected chi connectivity index (χ2v) is 7.23. The van der Waals surface area contributed by atoms with Crippen molar-refractivity contribution < 1.29 is 18.0 Å². The van der Waals surface area contributed by atoms with Crippen molar-refractivity contribution in [3.63, 3.8) is 0 Å². The van der Waals surface area contributed by atoms with Crippen LogP contribution in [-0.2, 0) is 6.18 Å². The number of hydrogen-bond acceptors (Lipinski definition) is 4. The van der Waals surface area contributed by atoms with Gasteiger partial charge in [-0.2, -0.15) is 13.2 Å². The van der Waals surface area contributed by atoms with Crippen LogP contribution in [0.1, 0.15) is 47.2 Å². The molecule has 1 aliphatic rings. The number of hydrogen-bond donors (Lipinski definition) is 0. The Morgan fingerprint density at radius 3 is 2.18 bits per heavy atom. The summed E-state index contributed by atoms with van der Waals surface area (Å²) >= 11 is 0. The summed E-state index contributed by atoms with van der Waals surface area (Å²) in [6.45, 7) is 8.21. The largest absolute Gasteiger partial charge is 0.416 e. The van der Waals surface area contributed by atoms with Crippen molar-refractivity contribution in [2.75, 3.05) is 31.1 Å². The van der Waals surface area contributed by atoms with Gasteiger partial charge in [0.15, 0.2) is 0 Å². The van der Waals surface area contributed by atoms with Crippen LogP contribution in [0.15, 0.2) is 30.3 Å². The van der Waals surface area contributed by atoms with Gasteiger partial charge in [0.05, 0.1) is 5.56 Å². The zero-order chi connectivity index (χ0) is 20.5. The van der Waals surface area contributed by atoms with Crippen LogP contribution in [0.3, 0.4) is 0 Å². The minimum atomic E-state index is -4.41. The Balaban J connectivity index is 1.66. The Labute approximate surface area is 162 Å². The van der Waals surface area contributed by atoms with Gasteiger partial charge in [-0.15, -0.1) is 0 Å². The van der Waals surface area contributed by atoms with Gasteiger partial charge >= 0.3 is 6.18 Å². The van der Waals surface area contributed by atoms with Crippen LogP contribution in [0.4, 0.5) is 19.0 Å². The molecule has 150 valence electrons. The number of nitrogens with zero attached hydrogens (tertiary/aromatic N) is 4. The molecule has 1 fully saturated rings. The Bertz CT molecular complexity index is 842. The van der Waals surface area contributed by atoms with Gasteiger partial charge in [0.1, 0.15) is 11.6 Å². The molecule has 0 saturated carbocycles. The van der Waals surface area contributed by atoms with E-state index in [1.807, 2.05) is 26.8 Å². The topological polar surface area (TPSA) is 49.3 Å². The highest BCUT2D eigenvalue weighted by molar-refractivity contribution is 5.94. The Morgan fingerprint density at radius 2 is 1.64 bits per heavy atom. The van der Waals surface area contributed by atoms with E-state index in [9.17, 15) is 18.0 Å². The van der Waals surface area contributed by atoms with Crippen LogP contribution in [-0.4, -0.2) is 47.0 Å². The van der Waals surface area contributed by atoms with Gasteiger partial charge in [-0.1, -0.05) is 13.8 Å². The summed E-state index contributed by atoms with van der Waals surface area (Å²) in [6, 6.07) is 6.29. The molecule has 8 heteroatoms. The fourth-order valence-corrected chi connectivity index (χ4v) is 3.12. The molecule has 1 aromatic carbocycles. The molecular formula is C20H23F3N4O. The van der Waals surface area contributed by atoms with E-state index >= 15 is 0 Å².